The van der Waals surface area contributed by atoms with Crippen molar-refractivity contribution in [3.63, 3.8) is 0 Å². The Labute approximate surface area is 451 Å². The van der Waals surface area contributed by atoms with Crippen LogP contribution in [-0.4, -0.2) is 228 Å². The van der Waals surface area contributed by atoms with Crippen LogP contribution in [0.3, 0.4) is 0 Å². The summed E-state index contributed by atoms with van der Waals surface area (Å²) < 4.78 is 75.4. The summed E-state index contributed by atoms with van der Waals surface area (Å²) in [5.41, 5.74) is 15.5. The van der Waals surface area contributed by atoms with Gasteiger partial charge in [0.25, 0.3) is 0 Å². The molecule has 12 heterocycles. The van der Waals surface area contributed by atoms with Crippen LogP contribution in [0.2, 0.25) is 5.28 Å². The van der Waals surface area contributed by atoms with Gasteiger partial charge in [-0.1, -0.05) is 0 Å². The van der Waals surface area contributed by atoms with Crippen molar-refractivity contribution in [3.05, 3.63) is 30.1 Å². The Morgan fingerprint density at radius 2 is 0.987 bits per heavy atom. The molecule has 0 bridgehead atoms. The van der Waals surface area contributed by atoms with Crippen molar-refractivity contribution < 1.29 is 35.8 Å². The molecule has 28 nitrogen and oxygen atoms in total. The average Bonchev–Trinajstić information content (AvgIpc) is 4.42. The highest BCUT2D eigenvalue weighted by molar-refractivity contribution is 7.88. The van der Waals surface area contributed by atoms with Crippen LogP contribution in [0, 0.1) is 11.8 Å². The number of rotatable bonds is 11. The Bertz CT molecular complexity index is 3190. The fourth-order valence-corrected chi connectivity index (χ4v) is 11.7. The lowest BCUT2D eigenvalue weighted by molar-refractivity contribution is 0.122. The van der Waals surface area contributed by atoms with Crippen molar-refractivity contribution in [3.8, 4) is 22.8 Å². The van der Waals surface area contributed by atoms with Crippen LogP contribution in [0.5, 0.6) is 0 Å². The zero-order valence-corrected chi connectivity index (χ0v) is 45.5. The van der Waals surface area contributed by atoms with Gasteiger partial charge in [-0.15, -0.1) is 0 Å². The third-order valence-corrected chi connectivity index (χ3v) is 16.9. The second kappa shape index (κ2) is 24.0. The molecule has 12 rings (SSSR count). The molecular weight excluding hydrogens is 1060 g/mol. The van der Waals surface area contributed by atoms with E-state index in [4.69, 9.17) is 66.9 Å². The zero-order chi connectivity index (χ0) is 53.7. The first-order valence-corrected chi connectivity index (χ1v) is 29.8. The molecule has 416 valence electrons. The van der Waals surface area contributed by atoms with Gasteiger partial charge in [0.15, 0.2) is 45.6 Å². The number of morpholine rings is 2. The van der Waals surface area contributed by atoms with Gasteiger partial charge in [-0.05, 0) is 24.4 Å². The molecule has 6 fully saturated rings. The normalized spacial score (nSPS) is 21.1. The van der Waals surface area contributed by atoms with Crippen LogP contribution in [0.15, 0.2) is 24.8 Å². The smallest absolute Gasteiger partial charge is 0.219 e. The van der Waals surface area contributed by atoms with Crippen molar-refractivity contribution in [1.82, 2.24) is 72.9 Å². The fourth-order valence-electron chi connectivity index (χ4n) is 9.83. The molecule has 31 heteroatoms. The van der Waals surface area contributed by atoms with Gasteiger partial charge in [-0.2, -0.15) is 8.61 Å². The molecule has 77 heavy (non-hydrogen) atoms. The Hall–Kier alpha value is -5.83. The van der Waals surface area contributed by atoms with Crippen LogP contribution in [0.25, 0.3) is 45.1 Å². The van der Waals surface area contributed by atoms with Gasteiger partial charge in [0, 0.05) is 141 Å². The van der Waals surface area contributed by atoms with Gasteiger partial charge in [0.1, 0.15) is 0 Å². The molecule has 0 aromatic carbocycles. The van der Waals surface area contributed by atoms with E-state index < -0.39 is 20.0 Å². The molecule has 2 unspecified atom stereocenters. The number of hydrogen-bond acceptors (Lipinski definition) is 24. The molecule has 0 saturated carbocycles. The summed E-state index contributed by atoms with van der Waals surface area (Å²) >= 11 is 6.53. The molecule has 6 aliphatic rings. The molecule has 0 spiro atoms. The number of nitrogens with zero attached hydrogens (tertiary/aromatic N) is 17. The number of nitrogens with one attached hydrogen (secondary N) is 1. The van der Waals surface area contributed by atoms with E-state index in [1.165, 1.54) is 21.1 Å². The van der Waals surface area contributed by atoms with Crippen LogP contribution in [0.4, 0.5) is 29.5 Å². The van der Waals surface area contributed by atoms with Crippen molar-refractivity contribution in [1.29, 1.82) is 0 Å². The standard InChI is InChI=1S/C23H32N10O4S.C18H21ClN8O2.C5H12N2O2S/c1-38(34,35)32-5-3-31(4-6-32)23-27-18-20(30-7-10-36-11-8-30)28-19(17-12-25-22(24)26-13-17)29-21(18)33(23)14-16-2-9-37-15-16;19-17-23-13-15(26-2-5-28-6-3-26)24-14(12-7-21-18(20)22-8-12)25-16(13)27(17)9-11-1-4-29-10-11;1-10(8,9)7-4-2-6-3-5-7/h12-13,16H,2-11,14-15H2,1H3,(H2,24,25,26);7-8,11H,1-6,9-10H2,(H2,20,21,22);6H,2-5H2,1H3. The summed E-state index contributed by atoms with van der Waals surface area (Å²) in [7, 11) is -6.18. The highest BCUT2D eigenvalue weighted by Crippen LogP contribution is 2.34. The highest BCUT2D eigenvalue weighted by Gasteiger charge is 2.32. The Balaban J connectivity index is 0.000000152. The van der Waals surface area contributed by atoms with E-state index in [0.29, 0.717) is 155 Å². The SMILES string of the molecule is CS(=O)(=O)N1CCN(c2nc3c(N4CCOCC4)nc(-c4cnc(N)nc4)nc3n2CC2CCOC2)CC1.CS(=O)(=O)N1CCNCC1.Nc1ncc(-c2nc(N3CCOCC3)c3nc(Cl)n(CC4CCOC4)c3n2)cn1. The number of nitrogen functional groups attached to an aromatic ring is 2. The third kappa shape index (κ3) is 13.0. The van der Waals surface area contributed by atoms with Crippen molar-refractivity contribution in [2.24, 2.45) is 11.8 Å². The van der Waals surface area contributed by atoms with E-state index in [2.05, 4.69) is 49.5 Å². The van der Waals surface area contributed by atoms with Gasteiger partial charge in [0.05, 0.1) is 63.3 Å². The summed E-state index contributed by atoms with van der Waals surface area (Å²) in [6, 6.07) is 0. The molecular formula is C46H65ClN20O8S2. The molecule has 2 atom stereocenters. The van der Waals surface area contributed by atoms with Gasteiger partial charge in [-0.25, -0.2) is 66.7 Å². The number of nitrogens with two attached hydrogens (primary N) is 2. The van der Waals surface area contributed by atoms with E-state index in [-0.39, 0.29) is 11.9 Å². The number of ether oxygens (including phenoxy) is 4. The number of sulfonamides is 2. The van der Waals surface area contributed by atoms with Gasteiger partial charge in [0.2, 0.25) is 43.2 Å². The number of hydrogen-bond donors (Lipinski definition) is 3. The first-order valence-electron chi connectivity index (χ1n) is 25.7. The predicted molar refractivity (Wildman–Crippen MR) is 288 cm³/mol. The number of anilines is 5. The number of fused-ring (bicyclic) bond motifs is 2. The monoisotopic (exact) mass is 1120 g/mol. The average molecular weight is 1130 g/mol. The van der Waals surface area contributed by atoms with E-state index in [1.54, 1.807) is 24.8 Å². The van der Waals surface area contributed by atoms with Gasteiger partial charge in [-0.3, -0.25) is 9.13 Å². The minimum atomic E-state index is -3.24. The lowest BCUT2D eigenvalue weighted by Gasteiger charge is -2.34. The molecule has 0 radical (unpaired) electrons. The fraction of sp³-hybridized carbons (Fsp3) is 0.609. The van der Waals surface area contributed by atoms with Crippen LogP contribution in [0.1, 0.15) is 12.8 Å². The van der Waals surface area contributed by atoms with Crippen LogP contribution in [-0.2, 0) is 52.1 Å². The van der Waals surface area contributed by atoms with Crippen molar-refractivity contribution in [2.45, 2.75) is 25.9 Å². The zero-order valence-electron chi connectivity index (χ0n) is 43.2. The van der Waals surface area contributed by atoms with Crippen LogP contribution < -0.4 is 31.5 Å². The van der Waals surface area contributed by atoms with E-state index in [1.807, 2.05) is 4.57 Å². The summed E-state index contributed by atoms with van der Waals surface area (Å²) in [6.45, 7) is 14.3. The Morgan fingerprint density at radius 1 is 0.545 bits per heavy atom. The topological polar surface area (TPSA) is 324 Å². The largest absolute Gasteiger partial charge is 0.381 e. The number of imidazole rings is 2. The highest BCUT2D eigenvalue weighted by atomic mass is 35.5. The maximum atomic E-state index is 12.1. The molecule has 6 aromatic rings. The van der Waals surface area contributed by atoms with E-state index in [0.717, 1.165) is 82.1 Å². The quantitative estimate of drug-likeness (QED) is 0.144. The summed E-state index contributed by atoms with van der Waals surface area (Å²) in [6.07, 6.45) is 11.0. The molecule has 6 aliphatic heterocycles. The number of piperazine rings is 2. The molecule has 0 amide bonds. The molecule has 6 saturated heterocycles. The summed E-state index contributed by atoms with van der Waals surface area (Å²) in [4.78, 5) is 52.1. The molecule has 0 aliphatic carbocycles. The van der Waals surface area contributed by atoms with E-state index >= 15 is 0 Å². The van der Waals surface area contributed by atoms with E-state index in [9.17, 15) is 16.8 Å². The lowest BCUT2D eigenvalue weighted by Crippen LogP contribution is -2.49. The molecule has 5 N–H and O–H groups in total. The number of halogens is 1. The second-order valence-electron chi connectivity index (χ2n) is 19.5. The maximum Gasteiger partial charge on any atom is 0.219 e. The summed E-state index contributed by atoms with van der Waals surface area (Å²) in [5, 5.41) is 3.48. The Kier molecular flexibility index (Phi) is 17.0. The number of aromatic nitrogens is 12. The minimum Gasteiger partial charge on any atom is -0.381 e. The first kappa shape index (κ1) is 54.5. The first-order chi connectivity index (χ1) is 37.2. The van der Waals surface area contributed by atoms with Crippen molar-refractivity contribution in [2.75, 3.05) is 170 Å². The van der Waals surface area contributed by atoms with Gasteiger partial charge < -0.3 is 50.4 Å². The van der Waals surface area contributed by atoms with Crippen LogP contribution >= 0.6 is 11.6 Å². The van der Waals surface area contributed by atoms with Crippen molar-refractivity contribution >= 4 is 83.5 Å². The lowest BCUT2D eigenvalue weighted by atomic mass is 10.1. The minimum absolute atomic E-state index is 0.185. The predicted octanol–water partition coefficient (Wildman–Crippen LogP) is 0.0634. The third-order valence-electron chi connectivity index (χ3n) is 14.0. The molecule has 6 aromatic heterocycles. The second-order valence-corrected chi connectivity index (χ2v) is 23.8. The maximum absolute atomic E-state index is 12.1. The summed E-state index contributed by atoms with van der Waals surface area (Å²) in [5.74, 6) is 4.37. The Morgan fingerprint density at radius 3 is 1.43 bits per heavy atom. The van der Waals surface area contributed by atoms with Gasteiger partial charge >= 0.3 is 0 Å².